The molecule has 98 valence electrons. The highest BCUT2D eigenvalue weighted by Crippen LogP contribution is 2.19. The average Bonchev–Trinajstić information content (AvgIpc) is 2.35. The molecule has 0 amide bonds. The Balaban J connectivity index is 3.04. The van der Waals surface area contributed by atoms with E-state index in [4.69, 9.17) is 16.9 Å². The fourth-order valence-electron chi connectivity index (χ4n) is 1.50. The Hall–Kier alpha value is -1.09. The number of rotatable bonds is 5. The number of nitrogens with zero attached hydrogens (tertiary/aromatic N) is 2. The molecule has 0 N–H and O–H groups in total. The predicted molar refractivity (Wildman–Crippen MR) is 70.7 cm³/mol. The molecular formula is C12H15ClN2O2S. The van der Waals surface area contributed by atoms with Gasteiger partial charge in [0, 0.05) is 18.1 Å². The minimum atomic E-state index is -3.55. The second-order valence-corrected chi connectivity index (χ2v) is 6.31. The van der Waals surface area contributed by atoms with Crippen molar-refractivity contribution in [2.24, 2.45) is 5.92 Å². The largest absolute Gasteiger partial charge is 0.243 e. The molecule has 0 spiro atoms. The van der Waals surface area contributed by atoms with Crippen molar-refractivity contribution < 1.29 is 8.42 Å². The summed E-state index contributed by atoms with van der Waals surface area (Å²) in [6.45, 7) is 3.96. The van der Waals surface area contributed by atoms with Gasteiger partial charge in [-0.15, -0.1) is 0 Å². The molecule has 0 saturated heterocycles. The lowest BCUT2D eigenvalue weighted by molar-refractivity contribution is 0.400. The molecule has 0 saturated carbocycles. The van der Waals surface area contributed by atoms with E-state index in [2.05, 4.69) is 0 Å². The molecule has 1 aromatic carbocycles. The summed E-state index contributed by atoms with van der Waals surface area (Å²) in [7, 11) is -3.55. The number of hydrogen-bond donors (Lipinski definition) is 0. The summed E-state index contributed by atoms with van der Waals surface area (Å²) in [5.74, 6) is -0.341. The lowest BCUT2D eigenvalue weighted by Gasteiger charge is -2.21. The molecule has 1 atom stereocenters. The van der Waals surface area contributed by atoms with E-state index in [-0.39, 0.29) is 17.4 Å². The second kappa shape index (κ2) is 6.19. The van der Waals surface area contributed by atoms with Crippen molar-refractivity contribution in [3.63, 3.8) is 0 Å². The minimum Gasteiger partial charge on any atom is -0.207 e. The summed E-state index contributed by atoms with van der Waals surface area (Å²) in [5, 5.41) is 9.25. The Morgan fingerprint density at radius 1 is 1.39 bits per heavy atom. The summed E-state index contributed by atoms with van der Waals surface area (Å²) < 4.78 is 25.9. The van der Waals surface area contributed by atoms with Crippen LogP contribution < -0.4 is 0 Å². The molecule has 0 aliphatic rings. The van der Waals surface area contributed by atoms with Gasteiger partial charge in [0.05, 0.1) is 16.9 Å². The van der Waals surface area contributed by atoms with Gasteiger partial charge < -0.3 is 0 Å². The van der Waals surface area contributed by atoms with Crippen LogP contribution >= 0.6 is 11.6 Å². The monoisotopic (exact) mass is 286 g/mol. The molecule has 4 nitrogen and oxygen atoms in total. The van der Waals surface area contributed by atoms with E-state index < -0.39 is 10.0 Å². The fraction of sp³-hybridized carbons (Fsp3) is 0.417. The number of benzene rings is 1. The maximum absolute atomic E-state index is 12.3. The molecule has 0 radical (unpaired) electrons. The van der Waals surface area contributed by atoms with Crippen molar-refractivity contribution in [3.8, 4) is 6.07 Å². The first-order valence-corrected chi connectivity index (χ1v) is 7.39. The van der Waals surface area contributed by atoms with Gasteiger partial charge in [-0.1, -0.05) is 18.5 Å². The maximum Gasteiger partial charge on any atom is 0.243 e. The van der Waals surface area contributed by atoms with Gasteiger partial charge >= 0.3 is 0 Å². The van der Waals surface area contributed by atoms with Gasteiger partial charge in [-0.2, -0.15) is 9.57 Å². The fourth-order valence-corrected chi connectivity index (χ4v) is 3.16. The SMILES string of the molecule is CCN(CC(C)C#N)S(=O)(=O)c1ccc(Cl)cc1. The summed E-state index contributed by atoms with van der Waals surface area (Å²) in [6.07, 6.45) is 0. The first-order valence-electron chi connectivity index (χ1n) is 5.57. The molecule has 18 heavy (non-hydrogen) atoms. The van der Waals surface area contributed by atoms with Gasteiger partial charge in [0.25, 0.3) is 0 Å². The van der Waals surface area contributed by atoms with Crippen LogP contribution in [0.15, 0.2) is 29.2 Å². The summed E-state index contributed by atoms with van der Waals surface area (Å²) in [6, 6.07) is 8.05. The zero-order valence-electron chi connectivity index (χ0n) is 10.3. The van der Waals surface area contributed by atoms with Crippen LogP contribution in [0, 0.1) is 17.2 Å². The van der Waals surface area contributed by atoms with Crippen LogP contribution in [0.5, 0.6) is 0 Å². The number of halogens is 1. The summed E-state index contributed by atoms with van der Waals surface area (Å²) in [5.41, 5.74) is 0. The van der Waals surface area contributed by atoms with Crippen LogP contribution in [-0.2, 0) is 10.0 Å². The van der Waals surface area contributed by atoms with E-state index in [1.807, 2.05) is 6.07 Å². The molecule has 1 rings (SSSR count). The van der Waals surface area contributed by atoms with Crippen LogP contribution in [0.4, 0.5) is 0 Å². The topological polar surface area (TPSA) is 61.2 Å². The lowest BCUT2D eigenvalue weighted by atomic mass is 10.2. The quantitative estimate of drug-likeness (QED) is 0.835. The van der Waals surface area contributed by atoms with Crippen molar-refractivity contribution in [2.75, 3.05) is 13.1 Å². The Kier molecular flexibility index (Phi) is 5.15. The van der Waals surface area contributed by atoms with E-state index in [0.29, 0.717) is 11.6 Å². The van der Waals surface area contributed by atoms with Crippen molar-refractivity contribution in [1.82, 2.24) is 4.31 Å². The normalized spacial score (nSPS) is 13.3. The van der Waals surface area contributed by atoms with Crippen molar-refractivity contribution in [2.45, 2.75) is 18.7 Å². The number of sulfonamides is 1. The number of nitriles is 1. The van der Waals surface area contributed by atoms with Crippen molar-refractivity contribution in [3.05, 3.63) is 29.3 Å². The van der Waals surface area contributed by atoms with E-state index in [1.54, 1.807) is 13.8 Å². The zero-order chi connectivity index (χ0) is 13.8. The first-order chi connectivity index (χ1) is 8.41. The molecule has 6 heteroatoms. The van der Waals surface area contributed by atoms with Crippen molar-refractivity contribution >= 4 is 21.6 Å². The number of hydrogen-bond acceptors (Lipinski definition) is 3. The second-order valence-electron chi connectivity index (χ2n) is 3.94. The van der Waals surface area contributed by atoms with Gasteiger partial charge in [0.2, 0.25) is 10.0 Å². The summed E-state index contributed by atoms with van der Waals surface area (Å²) in [4.78, 5) is 0.193. The Bertz CT molecular complexity index is 534. The molecule has 1 unspecified atom stereocenters. The van der Waals surface area contributed by atoms with E-state index in [9.17, 15) is 8.42 Å². The van der Waals surface area contributed by atoms with Gasteiger partial charge in [0.1, 0.15) is 0 Å². The van der Waals surface area contributed by atoms with E-state index in [1.165, 1.54) is 28.6 Å². The molecule has 1 aromatic rings. The first kappa shape index (κ1) is 15.0. The van der Waals surface area contributed by atoms with Gasteiger partial charge in [-0.3, -0.25) is 0 Å². The molecule has 0 bridgehead atoms. The van der Waals surface area contributed by atoms with Crippen LogP contribution in [0.2, 0.25) is 5.02 Å². The molecular weight excluding hydrogens is 272 g/mol. The van der Waals surface area contributed by atoms with Gasteiger partial charge in [0.15, 0.2) is 0 Å². The van der Waals surface area contributed by atoms with Crippen LogP contribution in [0.25, 0.3) is 0 Å². The van der Waals surface area contributed by atoms with E-state index in [0.717, 1.165) is 0 Å². The maximum atomic E-state index is 12.3. The molecule has 0 fully saturated rings. The highest BCUT2D eigenvalue weighted by Gasteiger charge is 2.24. The Morgan fingerprint density at radius 2 is 1.94 bits per heavy atom. The van der Waals surface area contributed by atoms with Gasteiger partial charge in [-0.05, 0) is 31.2 Å². The zero-order valence-corrected chi connectivity index (χ0v) is 11.9. The van der Waals surface area contributed by atoms with Crippen LogP contribution in [0.1, 0.15) is 13.8 Å². The highest BCUT2D eigenvalue weighted by atomic mass is 35.5. The molecule has 0 aromatic heterocycles. The molecule has 0 aliphatic heterocycles. The smallest absolute Gasteiger partial charge is 0.207 e. The lowest BCUT2D eigenvalue weighted by Crippen LogP contribution is -2.34. The third kappa shape index (κ3) is 3.45. The molecule has 0 aliphatic carbocycles. The average molecular weight is 287 g/mol. The van der Waals surface area contributed by atoms with Crippen molar-refractivity contribution in [1.29, 1.82) is 5.26 Å². The Morgan fingerprint density at radius 3 is 2.39 bits per heavy atom. The van der Waals surface area contributed by atoms with Crippen LogP contribution in [-0.4, -0.2) is 25.8 Å². The predicted octanol–water partition coefficient (Wildman–Crippen LogP) is 2.51. The Labute approximate surface area is 113 Å². The van der Waals surface area contributed by atoms with Gasteiger partial charge in [-0.25, -0.2) is 8.42 Å². The van der Waals surface area contributed by atoms with Crippen LogP contribution in [0.3, 0.4) is 0 Å². The summed E-state index contributed by atoms with van der Waals surface area (Å²) >= 11 is 5.73. The highest BCUT2D eigenvalue weighted by molar-refractivity contribution is 7.89. The third-order valence-corrected chi connectivity index (χ3v) is 4.71. The third-order valence-electron chi connectivity index (χ3n) is 2.50. The standard InChI is InChI=1S/C12H15ClN2O2S/c1-3-15(9-10(2)8-14)18(16,17)12-6-4-11(13)5-7-12/h4-7,10H,3,9H2,1-2H3. The molecule has 0 heterocycles. The minimum absolute atomic E-state index is 0.192. The van der Waals surface area contributed by atoms with E-state index >= 15 is 0 Å².